The molecule has 1 saturated carbocycles. The molecule has 0 heterocycles. The summed E-state index contributed by atoms with van der Waals surface area (Å²) in [7, 11) is 2.20. The molecule has 2 nitrogen and oxygen atoms in total. The van der Waals surface area contributed by atoms with Gasteiger partial charge in [0.2, 0.25) is 0 Å². The third kappa shape index (κ3) is 4.05. The van der Waals surface area contributed by atoms with Crippen LogP contribution in [0.2, 0.25) is 0 Å². The predicted octanol–water partition coefficient (Wildman–Crippen LogP) is 6.92. The first-order valence-corrected chi connectivity index (χ1v) is 12.3. The number of aryl methyl sites for hydroxylation is 1. The fourth-order valence-corrected chi connectivity index (χ4v) is 6.60. The summed E-state index contributed by atoms with van der Waals surface area (Å²) < 4.78 is 13.2. The van der Waals surface area contributed by atoms with Crippen molar-refractivity contribution >= 4 is 5.78 Å². The van der Waals surface area contributed by atoms with Crippen molar-refractivity contribution in [2.75, 3.05) is 13.6 Å². The van der Waals surface area contributed by atoms with E-state index >= 15 is 0 Å². The number of hydrogen-bond donors (Lipinski definition) is 0. The van der Waals surface area contributed by atoms with Gasteiger partial charge in [0, 0.05) is 24.1 Å². The zero-order valence-corrected chi connectivity index (χ0v) is 20.4. The van der Waals surface area contributed by atoms with Gasteiger partial charge in [-0.1, -0.05) is 45.4 Å². The van der Waals surface area contributed by atoms with E-state index in [0.29, 0.717) is 23.8 Å². The number of Topliss-reactive ketones (excluding diaryl/α,β-unsaturated/α-hetero) is 1. The van der Waals surface area contributed by atoms with Crippen LogP contribution in [0.4, 0.5) is 4.39 Å². The summed E-state index contributed by atoms with van der Waals surface area (Å²) in [5.41, 5.74) is 5.41. The standard InChI is InChI=1S/C29H38FNO/c1-20(2)22-9-13-25-23(19-22)10-14-27-28(25,3)16-6-17-29(27,4)31(5)18-15-26(32)21-7-11-24(30)12-8-21/h7-9,11-13,19-20,27H,6,10,14-18H2,1-5H3. The van der Waals surface area contributed by atoms with Crippen molar-refractivity contribution in [1.82, 2.24) is 4.90 Å². The molecule has 32 heavy (non-hydrogen) atoms. The molecule has 0 aliphatic heterocycles. The number of hydrogen-bond acceptors (Lipinski definition) is 2. The molecule has 0 amide bonds. The Balaban J connectivity index is 1.53. The first kappa shape index (κ1) is 23.2. The minimum Gasteiger partial charge on any atom is -0.300 e. The largest absolute Gasteiger partial charge is 0.300 e. The Hall–Kier alpha value is -2.00. The Morgan fingerprint density at radius 2 is 1.84 bits per heavy atom. The van der Waals surface area contributed by atoms with E-state index in [9.17, 15) is 9.18 Å². The lowest BCUT2D eigenvalue weighted by Gasteiger charge is -2.58. The zero-order chi connectivity index (χ0) is 23.1. The lowest BCUT2D eigenvalue weighted by atomic mass is 9.52. The Morgan fingerprint density at radius 3 is 2.53 bits per heavy atom. The molecule has 0 saturated heterocycles. The van der Waals surface area contributed by atoms with E-state index in [1.807, 2.05) is 0 Å². The maximum atomic E-state index is 13.2. The second kappa shape index (κ2) is 8.74. The summed E-state index contributed by atoms with van der Waals surface area (Å²) >= 11 is 0. The second-order valence-corrected chi connectivity index (χ2v) is 10.9. The monoisotopic (exact) mass is 435 g/mol. The second-order valence-electron chi connectivity index (χ2n) is 10.9. The van der Waals surface area contributed by atoms with Gasteiger partial charge < -0.3 is 4.90 Å². The molecule has 0 radical (unpaired) electrons. The third-order valence-electron chi connectivity index (χ3n) is 8.72. The number of ketones is 1. The Morgan fingerprint density at radius 1 is 1.12 bits per heavy atom. The van der Waals surface area contributed by atoms with Crippen LogP contribution in [-0.2, 0) is 11.8 Å². The number of nitrogens with zero attached hydrogens (tertiary/aromatic N) is 1. The van der Waals surface area contributed by atoms with Crippen molar-refractivity contribution in [3.8, 4) is 0 Å². The summed E-state index contributed by atoms with van der Waals surface area (Å²) in [4.78, 5) is 15.1. The van der Waals surface area contributed by atoms with Crippen LogP contribution in [0.1, 0.15) is 92.8 Å². The highest BCUT2D eigenvalue weighted by Crippen LogP contribution is 2.55. The van der Waals surface area contributed by atoms with Crippen molar-refractivity contribution in [2.24, 2.45) is 5.92 Å². The highest BCUT2D eigenvalue weighted by Gasteiger charge is 2.53. The van der Waals surface area contributed by atoms with Gasteiger partial charge in [-0.2, -0.15) is 0 Å². The number of fused-ring (bicyclic) bond motifs is 3. The summed E-state index contributed by atoms with van der Waals surface area (Å²) in [5, 5.41) is 0. The fraction of sp³-hybridized carbons (Fsp3) is 0.552. The van der Waals surface area contributed by atoms with Crippen LogP contribution in [0.5, 0.6) is 0 Å². The van der Waals surface area contributed by atoms with Crippen LogP contribution >= 0.6 is 0 Å². The number of carbonyl (C=O) groups excluding carboxylic acids is 1. The molecule has 172 valence electrons. The first-order valence-electron chi connectivity index (χ1n) is 12.3. The molecular weight excluding hydrogens is 397 g/mol. The highest BCUT2D eigenvalue weighted by atomic mass is 19.1. The minimum atomic E-state index is -0.300. The molecule has 0 spiro atoms. The minimum absolute atomic E-state index is 0.0739. The third-order valence-corrected chi connectivity index (χ3v) is 8.72. The summed E-state index contributed by atoms with van der Waals surface area (Å²) in [6.07, 6.45) is 6.45. The predicted molar refractivity (Wildman–Crippen MR) is 130 cm³/mol. The van der Waals surface area contributed by atoms with Gasteiger partial charge in [0.05, 0.1) is 0 Å². The Kier molecular flexibility index (Phi) is 6.33. The molecule has 1 fully saturated rings. The van der Waals surface area contributed by atoms with Crippen LogP contribution in [0, 0.1) is 11.7 Å². The van der Waals surface area contributed by atoms with Crippen molar-refractivity contribution < 1.29 is 9.18 Å². The van der Waals surface area contributed by atoms with E-state index in [4.69, 9.17) is 0 Å². The quantitative estimate of drug-likeness (QED) is 0.459. The van der Waals surface area contributed by atoms with Crippen molar-refractivity contribution in [1.29, 1.82) is 0 Å². The van der Waals surface area contributed by atoms with E-state index < -0.39 is 0 Å². The summed E-state index contributed by atoms with van der Waals surface area (Å²) in [6, 6.07) is 13.2. The van der Waals surface area contributed by atoms with E-state index in [0.717, 1.165) is 13.0 Å². The lowest BCUT2D eigenvalue weighted by molar-refractivity contribution is -0.0200. The normalized spacial score (nSPS) is 27.3. The summed E-state index contributed by atoms with van der Waals surface area (Å²) in [6.45, 7) is 10.2. The number of carbonyl (C=O) groups is 1. The molecule has 2 aromatic rings. The first-order chi connectivity index (χ1) is 15.1. The fourth-order valence-electron chi connectivity index (χ4n) is 6.60. The highest BCUT2D eigenvalue weighted by molar-refractivity contribution is 5.96. The molecule has 3 atom stereocenters. The lowest BCUT2D eigenvalue weighted by Crippen LogP contribution is -2.60. The molecule has 0 aromatic heterocycles. The van der Waals surface area contributed by atoms with E-state index in [1.54, 1.807) is 23.3 Å². The van der Waals surface area contributed by atoms with Gasteiger partial charge >= 0.3 is 0 Å². The van der Waals surface area contributed by atoms with Crippen molar-refractivity contribution in [3.63, 3.8) is 0 Å². The van der Waals surface area contributed by atoms with Crippen LogP contribution in [0.25, 0.3) is 0 Å². The average Bonchev–Trinajstić information content (AvgIpc) is 2.77. The molecule has 3 unspecified atom stereocenters. The van der Waals surface area contributed by atoms with E-state index in [-0.39, 0.29) is 22.6 Å². The molecular formula is C29H38FNO. The smallest absolute Gasteiger partial charge is 0.164 e. The van der Waals surface area contributed by atoms with Crippen molar-refractivity contribution in [3.05, 3.63) is 70.5 Å². The van der Waals surface area contributed by atoms with Gasteiger partial charge in [0.15, 0.2) is 5.78 Å². The molecule has 0 bridgehead atoms. The van der Waals surface area contributed by atoms with Gasteiger partial charge in [0.1, 0.15) is 5.82 Å². The summed E-state index contributed by atoms with van der Waals surface area (Å²) in [5.74, 6) is 0.930. The molecule has 3 heteroatoms. The molecule has 4 rings (SSSR count). The number of rotatable bonds is 6. The van der Waals surface area contributed by atoms with Crippen molar-refractivity contribution in [2.45, 2.75) is 83.1 Å². The van der Waals surface area contributed by atoms with Crippen LogP contribution in [-0.4, -0.2) is 29.8 Å². The molecule has 2 aliphatic rings. The number of halogens is 1. The van der Waals surface area contributed by atoms with E-state index in [1.165, 1.54) is 43.4 Å². The topological polar surface area (TPSA) is 20.3 Å². The average molecular weight is 436 g/mol. The Bertz CT molecular complexity index is 981. The van der Waals surface area contributed by atoms with Crippen LogP contribution in [0.15, 0.2) is 42.5 Å². The molecule has 0 N–H and O–H groups in total. The van der Waals surface area contributed by atoms with Gasteiger partial charge in [-0.25, -0.2) is 4.39 Å². The molecule has 2 aromatic carbocycles. The maximum Gasteiger partial charge on any atom is 0.164 e. The van der Waals surface area contributed by atoms with Crippen LogP contribution in [0.3, 0.4) is 0 Å². The van der Waals surface area contributed by atoms with E-state index in [2.05, 4.69) is 57.8 Å². The van der Waals surface area contributed by atoms with Gasteiger partial charge in [-0.3, -0.25) is 4.79 Å². The van der Waals surface area contributed by atoms with Gasteiger partial charge in [0.25, 0.3) is 0 Å². The SMILES string of the molecule is CC(C)c1ccc2c(c1)CCC1C2(C)CCCC1(C)N(C)CCC(=O)c1ccc(F)cc1. The van der Waals surface area contributed by atoms with Gasteiger partial charge in [-0.05, 0) is 97.9 Å². The van der Waals surface area contributed by atoms with Crippen LogP contribution < -0.4 is 0 Å². The Labute approximate surface area is 193 Å². The molecule has 2 aliphatic carbocycles. The maximum absolute atomic E-state index is 13.2. The zero-order valence-electron chi connectivity index (χ0n) is 20.4. The van der Waals surface area contributed by atoms with Gasteiger partial charge in [-0.15, -0.1) is 0 Å². The number of benzene rings is 2.